The summed E-state index contributed by atoms with van der Waals surface area (Å²) in [5.74, 6) is 0.139. The molecule has 0 saturated carbocycles. The lowest BCUT2D eigenvalue weighted by Crippen LogP contribution is -2.51. The van der Waals surface area contributed by atoms with Crippen LogP contribution >= 0.6 is 11.3 Å². The largest absolute Gasteiger partial charge is 0.335 e. The Labute approximate surface area is 151 Å². The van der Waals surface area contributed by atoms with Crippen molar-refractivity contribution in [3.05, 3.63) is 52.5 Å². The summed E-state index contributed by atoms with van der Waals surface area (Å²) in [5, 5.41) is 9.13. The number of benzene rings is 1. The van der Waals surface area contributed by atoms with Gasteiger partial charge in [-0.05, 0) is 25.5 Å². The number of nitrogens with one attached hydrogen (secondary N) is 1. The molecule has 1 atom stereocenters. The van der Waals surface area contributed by atoms with Crippen LogP contribution in [0, 0.1) is 6.92 Å². The van der Waals surface area contributed by atoms with Crippen molar-refractivity contribution in [3.63, 3.8) is 0 Å². The first-order chi connectivity index (χ1) is 12.1. The molecule has 1 N–H and O–H groups in total. The molecule has 5 nitrogen and oxygen atoms in total. The number of carbonyl (C=O) groups excluding carboxylic acids is 1. The SMILES string of the molecule is Cc1nn(Cc2ccccc2)c2sc(C(=O)N3CCNC(C)C3)cc12. The van der Waals surface area contributed by atoms with Gasteiger partial charge in [-0.1, -0.05) is 30.3 Å². The van der Waals surface area contributed by atoms with E-state index in [-0.39, 0.29) is 5.91 Å². The van der Waals surface area contributed by atoms with Crippen molar-refractivity contribution in [1.29, 1.82) is 0 Å². The molecule has 3 aromatic rings. The number of piperazine rings is 1. The number of hydrogen-bond acceptors (Lipinski definition) is 4. The highest BCUT2D eigenvalue weighted by Crippen LogP contribution is 2.30. The van der Waals surface area contributed by atoms with E-state index in [9.17, 15) is 4.79 Å². The molecule has 1 unspecified atom stereocenters. The summed E-state index contributed by atoms with van der Waals surface area (Å²) in [5.41, 5.74) is 2.19. The molecule has 4 rings (SSSR count). The summed E-state index contributed by atoms with van der Waals surface area (Å²) in [6.45, 7) is 7.25. The Morgan fingerprint density at radius 3 is 2.92 bits per heavy atom. The van der Waals surface area contributed by atoms with Gasteiger partial charge in [0.15, 0.2) is 0 Å². The molecule has 1 aliphatic heterocycles. The minimum atomic E-state index is 0.139. The molecule has 1 amide bonds. The summed E-state index contributed by atoms with van der Waals surface area (Å²) in [7, 11) is 0. The van der Waals surface area contributed by atoms with Crippen molar-refractivity contribution in [3.8, 4) is 0 Å². The van der Waals surface area contributed by atoms with Crippen LogP contribution in [0.5, 0.6) is 0 Å². The molecule has 2 aromatic heterocycles. The van der Waals surface area contributed by atoms with Gasteiger partial charge in [-0.25, -0.2) is 0 Å². The second kappa shape index (κ2) is 6.61. The second-order valence-corrected chi connectivity index (χ2v) is 7.70. The van der Waals surface area contributed by atoms with Crippen LogP contribution in [-0.4, -0.2) is 46.3 Å². The molecule has 1 aromatic carbocycles. The summed E-state index contributed by atoms with van der Waals surface area (Å²) in [4.78, 5) is 16.7. The van der Waals surface area contributed by atoms with Gasteiger partial charge in [-0.15, -0.1) is 11.3 Å². The Kier molecular flexibility index (Phi) is 4.31. The average Bonchev–Trinajstić information content (AvgIpc) is 3.17. The Hall–Kier alpha value is -2.18. The lowest BCUT2D eigenvalue weighted by molar-refractivity contribution is 0.0714. The molecule has 25 heavy (non-hydrogen) atoms. The number of rotatable bonds is 3. The van der Waals surface area contributed by atoms with Crippen molar-refractivity contribution < 1.29 is 4.79 Å². The first-order valence-electron chi connectivity index (χ1n) is 8.65. The van der Waals surface area contributed by atoms with Crippen molar-refractivity contribution in [2.45, 2.75) is 26.4 Å². The zero-order valence-corrected chi connectivity index (χ0v) is 15.3. The molecular formula is C19H22N4OS. The van der Waals surface area contributed by atoms with E-state index in [2.05, 4.69) is 29.5 Å². The van der Waals surface area contributed by atoms with Crippen LogP contribution in [0.3, 0.4) is 0 Å². The van der Waals surface area contributed by atoms with E-state index in [1.165, 1.54) is 5.56 Å². The number of fused-ring (bicyclic) bond motifs is 1. The number of hydrogen-bond donors (Lipinski definition) is 1. The van der Waals surface area contributed by atoms with Gasteiger partial charge in [0.25, 0.3) is 5.91 Å². The van der Waals surface area contributed by atoms with Gasteiger partial charge < -0.3 is 10.2 Å². The summed E-state index contributed by atoms with van der Waals surface area (Å²) < 4.78 is 2.02. The number of nitrogens with zero attached hydrogens (tertiary/aromatic N) is 3. The Balaban J connectivity index is 1.64. The molecule has 3 heterocycles. The topological polar surface area (TPSA) is 50.2 Å². The summed E-state index contributed by atoms with van der Waals surface area (Å²) in [6, 6.07) is 12.7. The maximum absolute atomic E-state index is 12.9. The fraction of sp³-hybridized carbons (Fsp3) is 0.368. The molecule has 1 fully saturated rings. The van der Waals surface area contributed by atoms with Gasteiger partial charge >= 0.3 is 0 Å². The summed E-state index contributed by atoms with van der Waals surface area (Å²) >= 11 is 1.56. The van der Waals surface area contributed by atoms with E-state index in [4.69, 9.17) is 0 Å². The van der Waals surface area contributed by atoms with Crippen molar-refractivity contribution in [1.82, 2.24) is 20.0 Å². The van der Waals surface area contributed by atoms with Crippen LogP contribution in [0.4, 0.5) is 0 Å². The third-order valence-electron chi connectivity index (χ3n) is 4.65. The van der Waals surface area contributed by atoms with Crippen LogP contribution in [0.2, 0.25) is 0 Å². The standard InChI is InChI=1S/C19H22N4OS/c1-13-11-22(9-8-20-13)18(24)17-10-16-14(2)21-23(19(16)25-17)12-15-6-4-3-5-7-15/h3-7,10,13,20H,8-9,11-12H2,1-2H3. The first-order valence-corrected chi connectivity index (χ1v) is 9.47. The zero-order valence-electron chi connectivity index (χ0n) is 14.5. The van der Waals surface area contributed by atoms with E-state index in [1.807, 2.05) is 40.8 Å². The molecule has 0 aliphatic carbocycles. The van der Waals surface area contributed by atoms with E-state index in [1.54, 1.807) is 11.3 Å². The minimum absolute atomic E-state index is 0.139. The molecule has 0 bridgehead atoms. The molecule has 6 heteroatoms. The predicted octanol–water partition coefficient (Wildman–Crippen LogP) is 2.89. The quantitative estimate of drug-likeness (QED) is 0.787. The minimum Gasteiger partial charge on any atom is -0.335 e. The maximum Gasteiger partial charge on any atom is 0.264 e. The van der Waals surface area contributed by atoms with E-state index in [0.29, 0.717) is 6.04 Å². The lowest BCUT2D eigenvalue weighted by atomic mass is 10.2. The number of amides is 1. The summed E-state index contributed by atoms with van der Waals surface area (Å²) in [6.07, 6.45) is 0. The molecule has 130 valence electrons. The zero-order chi connectivity index (χ0) is 17.4. The number of aryl methyl sites for hydroxylation is 1. The molecule has 0 radical (unpaired) electrons. The first kappa shape index (κ1) is 16.3. The van der Waals surface area contributed by atoms with Crippen LogP contribution in [0.1, 0.15) is 27.9 Å². The predicted molar refractivity (Wildman–Crippen MR) is 101 cm³/mol. The molecule has 1 aliphatic rings. The fourth-order valence-electron chi connectivity index (χ4n) is 3.35. The normalized spacial score (nSPS) is 18.0. The van der Waals surface area contributed by atoms with Crippen LogP contribution in [-0.2, 0) is 6.54 Å². The lowest BCUT2D eigenvalue weighted by Gasteiger charge is -2.31. The Bertz CT molecular complexity index is 899. The third-order valence-corrected chi connectivity index (χ3v) is 5.79. The highest BCUT2D eigenvalue weighted by molar-refractivity contribution is 7.20. The van der Waals surface area contributed by atoms with Crippen molar-refractivity contribution >= 4 is 27.5 Å². The average molecular weight is 354 g/mol. The highest BCUT2D eigenvalue weighted by Gasteiger charge is 2.24. The maximum atomic E-state index is 12.9. The number of thiophene rings is 1. The molecule has 1 saturated heterocycles. The highest BCUT2D eigenvalue weighted by atomic mass is 32.1. The van der Waals surface area contributed by atoms with Gasteiger partial charge in [0, 0.05) is 31.1 Å². The number of aromatic nitrogens is 2. The Morgan fingerprint density at radius 1 is 1.36 bits per heavy atom. The fourth-order valence-corrected chi connectivity index (χ4v) is 4.48. The third kappa shape index (κ3) is 3.19. The number of carbonyl (C=O) groups is 1. The van der Waals surface area contributed by atoms with Gasteiger partial charge in [0.2, 0.25) is 0 Å². The monoisotopic (exact) mass is 354 g/mol. The van der Waals surface area contributed by atoms with Gasteiger partial charge in [0.1, 0.15) is 4.83 Å². The van der Waals surface area contributed by atoms with Crippen LogP contribution in [0.25, 0.3) is 10.2 Å². The van der Waals surface area contributed by atoms with Crippen LogP contribution < -0.4 is 5.32 Å². The Morgan fingerprint density at radius 2 is 2.16 bits per heavy atom. The van der Waals surface area contributed by atoms with Gasteiger partial charge in [-0.3, -0.25) is 9.48 Å². The van der Waals surface area contributed by atoms with Crippen LogP contribution in [0.15, 0.2) is 36.4 Å². The van der Waals surface area contributed by atoms with E-state index in [0.717, 1.165) is 47.0 Å². The van der Waals surface area contributed by atoms with Crippen molar-refractivity contribution in [2.24, 2.45) is 0 Å². The van der Waals surface area contributed by atoms with E-state index < -0.39 is 0 Å². The van der Waals surface area contributed by atoms with Crippen molar-refractivity contribution in [2.75, 3.05) is 19.6 Å². The second-order valence-electron chi connectivity index (χ2n) is 6.66. The molecule has 0 spiro atoms. The molecular weight excluding hydrogens is 332 g/mol. The van der Waals surface area contributed by atoms with Gasteiger partial charge in [-0.2, -0.15) is 5.10 Å². The van der Waals surface area contributed by atoms with Gasteiger partial charge in [0.05, 0.1) is 17.1 Å². The van der Waals surface area contributed by atoms with E-state index >= 15 is 0 Å². The smallest absolute Gasteiger partial charge is 0.264 e.